The molecule has 2 rings (SSSR count). The number of halogens is 2. The van der Waals surface area contributed by atoms with Crippen molar-refractivity contribution in [2.45, 2.75) is 18.9 Å². The fourth-order valence-corrected chi connectivity index (χ4v) is 3.08. The number of hydrogen-bond acceptors (Lipinski definition) is 4. The van der Waals surface area contributed by atoms with Crippen LogP contribution in [0.15, 0.2) is 12.1 Å². The van der Waals surface area contributed by atoms with Crippen LogP contribution >= 0.6 is 23.2 Å². The summed E-state index contributed by atoms with van der Waals surface area (Å²) in [4.78, 5) is 12.3. The average Bonchev–Trinajstić information content (AvgIpc) is 2.38. The van der Waals surface area contributed by atoms with Crippen molar-refractivity contribution in [2.75, 3.05) is 25.0 Å². The van der Waals surface area contributed by atoms with Crippen LogP contribution in [0.3, 0.4) is 0 Å². The van der Waals surface area contributed by atoms with E-state index in [9.17, 15) is 10.1 Å². The zero-order valence-electron chi connectivity index (χ0n) is 10.5. The van der Waals surface area contributed by atoms with Gasteiger partial charge in [-0.3, -0.25) is 10.1 Å². The molecule has 19 heavy (non-hydrogen) atoms. The van der Waals surface area contributed by atoms with Gasteiger partial charge in [0.15, 0.2) is 0 Å². The van der Waals surface area contributed by atoms with Crippen LogP contribution in [-0.2, 0) is 0 Å². The summed E-state index contributed by atoms with van der Waals surface area (Å²) in [6.45, 7) is 1.88. The first kappa shape index (κ1) is 14.4. The molecule has 104 valence electrons. The maximum atomic E-state index is 10.8. The van der Waals surface area contributed by atoms with E-state index >= 15 is 0 Å². The average molecular weight is 304 g/mol. The van der Waals surface area contributed by atoms with Crippen LogP contribution in [0.25, 0.3) is 0 Å². The molecule has 1 aromatic rings. The Hall–Kier alpha value is -1.04. The van der Waals surface area contributed by atoms with Crippen molar-refractivity contribution in [3.8, 4) is 0 Å². The van der Waals surface area contributed by atoms with Crippen molar-refractivity contribution in [1.82, 2.24) is 5.32 Å². The first-order valence-corrected chi connectivity index (χ1v) is 6.83. The van der Waals surface area contributed by atoms with Crippen molar-refractivity contribution < 1.29 is 4.92 Å². The molecule has 0 radical (unpaired) electrons. The minimum atomic E-state index is -0.496. The Balaban J connectivity index is 2.30. The molecule has 1 aliphatic rings. The summed E-state index contributed by atoms with van der Waals surface area (Å²) in [5.74, 6) is 0. The SMILES string of the molecule is CN(c1c(Cl)cc([N+](=O)[O-])cc1Cl)C1CCCNC1. The highest BCUT2D eigenvalue weighted by molar-refractivity contribution is 6.39. The number of nitrogens with zero attached hydrogens (tertiary/aromatic N) is 2. The molecule has 5 nitrogen and oxygen atoms in total. The second-order valence-corrected chi connectivity index (χ2v) is 5.44. The van der Waals surface area contributed by atoms with E-state index in [1.165, 1.54) is 12.1 Å². The van der Waals surface area contributed by atoms with Crippen molar-refractivity contribution >= 4 is 34.6 Å². The Bertz CT molecular complexity index is 467. The largest absolute Gasteiger partial charge is 0.368 e. The highest BCUT2D eigenvalue weighted by atomic mass is 35.5. The Labute approximate surface area is 121 Å². The first-order valence-electron chi connectivity index (χ1n) is 6.07. The van der Waals surface area contributed by atoms with Crippen LogP contribution in [0, 0.1) is 10.1 Å². The minimum absolute atomic E-state index is 0.0890. The highest BCUT2D eigenvalue weighted by Crippen LogP contribution is 2.38. The van der Waals surface area contributed by atoms with Gasteiger partial charge in [-0.2, -0.15) is 0 Å². The third kappa shape index (κ3) is 3.11. The number of likely N-dealkylation sites (N-methyl/N-ethyl adjacent to an activating group) is 1. The molecule has 1 saturated heterocycles. The van der Waals surface area contributed by atoms with Gasteiger partial charge in [-0.05, 0) is 19.4 Å². The van der Waals surface area contributed by atoms with E-state index in [0.29, 0.717) is 21.8 Å². The van der Waals surface area contributed by atoms with Crippen LogP contribution in [0.4, 0.5) is 11.4 Å². The van der Waals surface area contributed by atoms with Gasteiger partial charge in [-0.15, -0.1) is 0 Å². The van der Waals surface area contributed by atoms with Crippen molar-refractivity contribution in [3.05, 3.63) is 32.3 Å². The number of nitrogens with one attached hydrogen (secondary N) is 1. The van der Waals surface area contributed by atoms with Crippen LogP contribution in [0.2, 0.25) is 10.0 Å². The quantitative estimate of drug-likeness (QED) is 0.688. The van der Waals surface area contributed by atoms with Crippen LogP contribution in [0.1, 0.15) is 12.8 Å². The number of non-ortho nitro benzene ring substituents is 1. The third-order valence-electron chi connectivity index (χ3n) is 3.38. The van der Waals surface area contributed by atoms with Crippen molar-refractivity contribution in [2.24, 2.45) is 0 Å². The van der Waals surface area contributed by atoms with E-state index in [2.05, 4.69) is 5.32 Å². The Morgan fingerprint density at radius 1 is 1.42 bits per heavy atom. The molecule has 1 N–H and O–H groups in total. The molecule has 0 aromatic heterocycles. The second-order valence-electron chi connectivity index (χ2n) is 4.63. The molecule has 7 heteroatoms. The smallest absolute Gasteiger partial charge is 0.272 e. The predicted molar refractivity (Wildman–Crippen MR) is 77.4 cm³/mol. The van der Waals surface area contributed by atoms with E-state index in [4.69, 9.17) is 23.2 Å². The number of piperidine rings is 1. The van der Waals surface area contributed by atoms with Gasteiger partial charge in [0.2, 0.25) is 0 Å². The number of hydrogen-bond donors (Lipinski definition) is 1. The molecule has 1 atom stereocenters. The molecular weight excluding hydrogens is 289 g/mol. The topological polar surface area (TPSA) is 58.4 Å². The van der Waals surface area contributed by atoms with Gasteiger partial charge in [-0.1, -0.05) is 23.2 Å². The Kier molecular flexibility index (Phi) is 4.50. The van der Waals surface area contributed by atoms with Crippen LogP contribution in [0.5, 0.6) is 0 Å². The van der Waals surface area contributed by atoms with Crippen LogP contribution in [-0.4, -0.2) is 31.1 Å². The third-order valence-corrected chi connectivity index (χ3v) is 3.96. The molecule has 0 saturated carbocycles. The van der Waals surface area contributed by atoms with Gasteiger partial charge in [0.05, 0.1) is 20.7 Å². The number of nitro benzene ring substituents is 1. The van der Waals surface area contributed by atoms with E-state index in [-0.39, 0.29) is 5.69 Å². The molecular formula is C12H15Cl2N3O2. The van der Waals surface area contributed by atoms with Crippen molar-refractivity contribution in [3.63, 3.8) is 0 Å². The van der Waals surface area contributed by atoms with E-state index in [0.717, 1.165) is 25.9 Å². The minimum Gasteiger partial charge on any atom is -0.368 e. The highest BCUT2D eigenvalue weighted by Gasteiger charge is 2.23. The number of anilines is 1. The van der Waals surface area contributed by atoms with Gasteiger partial charge in [-0.25, -0.2) is 0 Å². The van der Waals surface area contributed by atoms with Gasteiger partial charge in [0.1, 0.15) is 0 Å². The first-order chi connectivity index (χ1) is 9.00. The Morgan fingerprint density at radius 3 is 2.53 bits per heavy atom. The molecule has 1 unspecified atom stereocenters. The lowest BCUT2D eigenvalue weighted by atomic mass is 10.1. The van der Waals surface area contributed by atoms with E-state index < -0.39 is 4.92 Å². The monoisotopic (exact) mass is 303 g/mol. The zero-order chi connectivity index (χ0) is 14.0. The normalized spacial score (nSPS) is 19.2. The van der Waals surface area contributed by atoms with Gasteiger partial charge >= 0.3 is 0 Å². The van der Waals surface area contributed by atoms with Crippen LogP contribution < -0.4 is 10.2 Å². The summed E-state index contributed by atoms with van der Waals surface area (Å²) in [7, 11) is 1.91. The Morgan fingerprint density at radius 2 is 2.05 bits per heavy atom. The molecule has 0 aliphatic carbocycles. The number of rotatable bonds is 3. The summed E-state index contributed by atoms with van der Waals surface area (Å²) in [6.07, 6.45) is 2.14. The maximum Gasteiger partial charge on any atom is 0.272 e. The second kappa shape index (κ2) is 5.94. The molecule has 0 amide bonds. The molecule has 1 heterocycles. The predicted octanol–water partition coefficient (Wildman–Crippen LogP) is 3.09. The summed E-state index contributed by atoms with van der Waals surface area (Å²) < 4.78 is 0. The maximum absolute atomic E-state index is 10.8. The van der Waals surface area contributed by atoms with E-state index in [1.807, 2.05) is 11.9 Å². The fourth-order valence-electron chi connectivity index (χ4n) is 2.34. The lowest BCUT2D eigenvalue weighted by Gasteiger charge is -2.34. The van der Waals surface area contributed by atoms with Crippen molar-refractivity contribution in [1.29, 1.82) is 0 Å². The molecule has 0 bridgehead atoms. The lowest BCUT2D eigenvalue weighted by Crippen LogP contribution is -2.44. The summed E-state index contributed by atoms with van der Waals surface area (Å²) in [5.41, 5.74) is 0.566. The molecule has 1 aliphatic heterocycles. The summed E-state index contributed by atoms with van der Waals surface area (Å²) in [6, 6.07) is 2.98. The molecule has 1 aromatic carbocycles. The van der Waals surface area contributed by atoms with Gasteiger partial charge in [0.25, 0.3) is 5.69 Å². The lowest BCUT2D eigenvalue weighted by molar-refractivity contribution is -0.384. The van der Waals surface area contributed by atoms with Gasteiger partial charge in [0, 0.05) is 31.8 Å². The number of benzene rings is 1. The zero-order valence-corrected chi connectivity index (χ0v) is 12.0. The summed E-state index contributed by atoms with van der Waals surface area (Å²) in [5, 5.41) is 14.7. The fraction of sp³-hybridized carbons (Fsp3) is 0.500. The molecule has 0 spiro atoms. The van der Waals surface area contributed by atoms with Gasteiger partial charge < -0.3 is 10.2 Å². The number of nitro groups is 1. The van der Waals surface area contributed by atoms with E-state index in [1.54, 1.807) is 0 Å². The standard InChI is InChI=1S/C12H15Cl2N3O2/c1-16(8-3-2-4-15-7-8)12-10(13)5-9(17(18)19)6-11(12)14/h5-6,8,15H,2-4,7H2,1H3. The summed E-state index contributed by atoms with van der Waals surface area (Å²) >= 11 is 12.3. The molecule has 1 fully saturated rings.